The lowest BCUT2D eigenvalue weighted by atomic mass is 10.3. The quantitative estimate of drug-likeness (QED) is 0.568. The number of esters is 1. The lowest BCUT2D eigenvalue weighted by Gasteiger charge is -2.19. The molecule has 1 unspecified atom stereocenters. The molecule has 0 spiro atoms. The molecule has 6 heteroatoms. The Morgan fingerprint density at radius 3 is 2.44 bits per heavy atom. The Morgan fingerprint density at radius 2 is 2.00 bits per heavy atom. The van der Waals surface area contributed by atoms with Crippen LogP contribution in [0.25, 0.3) is 0 Å². The van der Waals surface area contributed by atoms with Gasteiger partial charge in [0, 0.05) is 12.6 Å². The maximum Gasteiger partial charge on any atom is 0.320 e. The molecule has 0 rings (SSSR count). The average Bonchev–Trinajstić information content (AvgIpc) is 2.14. The van der Waals surface area contributed by atoms with Gasteiger partial charge in [-0.1, -0.05) is 15.9 Å². The van der Waals surface area contributed by atoms with Gasteiger partial charge in [-0.15, -0.1) is 0 Å². The van der Waals surface area contributed by atoms with Crippen molar-refractivity contribution in [1.82, 2.24) is 10.2 Å². The summed E-state index contributed by atoms with van der Waals surface area (Å²) in [5.74, 6) is -0.391. The summed E-state index contributed by atoms with van der Waals surface area (Å²) in [5.41, 5.74) is 0. The fraction of sp³-hybridized carbons (Fsp3) is 0.800. The van der Waals surface area contributed by atoms with Gasteiger partial charge in [-0.25, -0.2) is 0 Å². The summed E-state index contributed by atoms with van der Waals surface area (Å²) in [6.45, 7) is 4.49. The van der Waals surface area contributed by atoms with Crippen LogP contribution in [0, 0.1) is 0 Å². The lowest BCUT2D eigenvalue weighted by molar-refractivity contribution is -0.140. The van der Waals surface area contributed by atoms with Crippen molar-refractivity contribution in [3.8, 4) is 0 Å². The summed E-state index contributed by atoms with van der Waals surface area (Å²) < 4.78 is 4.57. The molecule has 0 radical (unpaired) electrons. The van der Waals surface area contributed by atoms with Gasteiger partial charge >= 0.3 is 5.97 Å². The van der Waals surface area contributed by atoms with Gasteiger partial charge in [0.1, 0.15) is 4.83 Å². The number of carbonyl (C=O) groups is 2. The molecule has 1 N–H and O–H groups in total. The number of halogens is 1. The highest BCUT2D eigenvalue weighted by Crippen LogP contribution is 2.03. The summed E-state index contributed by atoms with van der Waals surface area (Å²) in [6, 6.07) is 0.126. The molecule has 0 aliphatic carbocycles. The highest BCUT2D eigenvalue weighted by atomic mass is 79.9. The minimum atomic E-state index is -0.408. The Hall–Kier alpha value is -0.620. The van der Waals surface area contributed by atoms with Crippen LogP contribution in [0.15, 0.2) is 0 Å². The minimum Gasteiger partial charge on any atom is -0.468 e. The first-order valence-corrected chi connectivity index (χ1v) is 5.98. The van der Waals surface area contributed by atoms with E-state index < -0.39 is 4.83 Å². The summed E-state index contributed by atoms with van der Waals surface area (Å²) in [7, 11) is 3.11. The van der Waals surface area contributed by atoms with Crippen molar-refractivity contribution in [3.63, 3.8) is 0 Å². The molecule has 1 atom stereocenters. The van der Waals surface area contributed by atoms with Crippen molar-refractivity contribution < 1.29 is 14.3 Å². The average molecular weight is 295 g/mol. The van der Waals surface area contributed by atoms with Gasteiger partial charge in [0.25, 0.3) is 0 Å². The molecule has 94 valence electrons. The van der Waals surface area contributed by atoms with Gasteiger partial charge in [-0.2, -0.15) is 0 Å². The molecule has 0 bridgehead atoms. The Bertz CT molecular complexity index is 246. The van der Waals surface area contributed by atoms with E-state index in [9.17, 15) is 9.59 Å². The molecule has 0 saturated carbocycles. The van der Waals surface area contributed by atoms with Crippen LogP contribution < -0.4 is 5.32 Å². The predicted molar refractivity (Wildman–Crippen MR) is 65.5 cm³/mol. The fourth-order valence-corrected chi connectivity index (χ4v) is 1.83. The van der Waals surface area contributed by atoms with Crippen molar-refractivity contribution in [2.75, 3.05) is 27.2 Å². The van der Waals surface area contributed by atoms with Crippen LogP contribution in [0.2, 0.25) is 0 Å². The molecule has 5 nitrogen and oxygen atoms in total. The van der Waals surface area contributed by atoms with Crippen LogP contribution in [-0.4, -0.2) is 54.9 Å². The van der Waals surface area contributed by atoms with E-state index in [4.69, 9.17) is 0 Å². The third-order valence-electron chi connectivity index (χ3n) is 1.79. The number of methoxy groups -OCH3 is 1. The molecule has 0 heterocycles. The van der Waals surface area contributed by atoms with Gasteiger partial charge in [-0.05, 0) is 20.9 Å². The van der Waals surface area contributed by atoms with Crippen LogP contribution in [-0.2, 0) is 14.3 Å². The highest BCUT2D eigenvalue weighted by Gasteiger charge is 2.18. The van der Waals surface area contributed by atoms with Crippen molar-refractivity contribution in [2.24, 2.45) is 0 Å². The zero-order valence-corrected chi connectivity index (χ0v) is 11.7. The van der Waals surface area contributed by atoms with E-state index in [-0.39, 0.29) is 24.5 Å². The first-order chi connectivity index (χ1) is 7.36. The molecule has 1 amide bonds. The van der Waals surface area contributed by atoms with E-state index in [1.807, 2.05) is 13.8 Å². The van der Waals surface area contributed by atoms with Gasteiger partial charge in [-0.3, -0.25) is 14.5 Å². The Kier molecular flexibility index (Phi) is 7.33. The minimum absolute atomic E-state index is 0.0536. The molecular weight excluding hydrogens is 276 g/mol. The van der Waals surface area contributed by atoms with Gasteiger partial charge in [0.2, 0.25) is 5.91 Å². The Labute approximate surface area is 105 Å². The van der Waals surface area contributed by atoms with Crippen LogP contribution in [0.5, 0.6) is 0 Å². The number of ether oxygens (including phenoxy) is 1. The largest absolute Gasteiger partial charge is 0.468 e. The highest BCUT2D eigenvalue weighted by molar-refractivity contribution is 9.10. The second-order valence-electron chi connectivity index (χ2n) is 3.91. The van der Waals surface area contributed by atoms with Gasteiger partial charge < -0.3 is 10.1 Å². The maximum atomic E-state index is 11.4. The molecule has 0 fully saturated rings. The van der Waals surface area contributed by atoms with E-state index in [2.05, 4.69) is 26.0 Å². The number of alkyl halides is 1. The summed E-state index contributed by atoms with van der Waals surface area (Å²) in [6.07, 6.45) is 0. The standard InChI is InChI=1S/C10H19BrN2O3/c1-7(2)12-9(14)6-13(3)5-8(11)10(15)16-4/h7-8H,5-6H2,1-4H3,(H,12,14). The third kappa shape index (κ3) is 6.79. The first kappa shape index (κ1) is 15.4. The molecule has 0 saturated heterocycles. The van der Waals surface area contributed by atoms with Crippen molar-refractivity contribution in [2.45, 2.75) is 24.7 Å². The zero-order valence-electron chi connectivity index (χ0n) is 10.1. The summed E-state index contributed by atoms with van der Waals surface area (Å²) >= 11 is 3.20. The second kappa shape index (κ2) is 7.62. The molecule has 0 aromatic carbocycles. The van der Waals surface area contributed by atoms with E-state index >= 15 is 0 Å². The smallest absolute Gasteiger partial charge is 0.320 e. The molecule has 0 aromatic rings. The maximum absolute atomic E-state index is 11.4. The SMILES string of the molecule is COC(=O)C(Br)CN(C)CC(=O)NC(C)C. The number of nitrogens with zero attached hydrogens (tertiary/aromatic N) is 1. The van der Waals surface area contributed by atoms with Crippen LogP contribution >= 0.6 is 15.9 Å². The van der Waals surface area contributed by atoms with Crippen LogP contribution in [0.3, 0.4) is 0 Å². The molecule has 0 aromatic heterocycles. The normalized spacial score (nSPS) is 12.7. The van der Waals surface area contributed by atoms with E-state index in [0.717, 1.165) is 0 Å². The van der Waals surface area contributed by atoms with Crippen LogP contribution in [0.1, 0.15) is 13.8 Å². The van der Waals surface area contributed by atoms with Crippen molar-refractivity contribution in [1.29, 1.82) is 0 Å². The first-order valence-electron chi connectivity index (χ1n) is 5.06. The number of amides is 1. The number of carbonyl (C=O) groups excluding carboxylic acids is 2. The van der Waals surface area contributed by atoms with Gasteiger partial charge in [0.05, 0.1) is 13.7 Å². The molecule has 0 aliphatic heterocycles. The topological polar surface area (TPSA) is 58.6 Å². The molecule has 0 aliphatic rings. The Balaban J connectivity index is 3.94. The zero-order chi connectivity index (χ0) is 12.7. The van der Waals surface area contributed by atoms with Gasteiger partial charge in [0.15, 0.2) is 0 Å². The lowest BCUT2D eigenvalue weighted by Crippen LogP contribution is -2.41. The summed E-state index contributed by atoms with van der Waals surface area (Å²) in [5, 5.41) is 2.78. The fourth-order valence-electron chi connectivity index (χ4n) is 1.15. The number of rotatable bonds is 6. The monoisotopic (exact) mass is 294 g/mol. The summed E-state index contributed by atoms with van der Waals surface area (Å²) in [4.78, 5) is 23.9. The predicted octanol–water partition coefficient (Wildman–Crippen LogP) is 0.379. The van der Waals surface area contributed by atoms with E-state index in [1.165, 1.54) is 7.11 Å². The second-order valence-corrected chi connectivity index (χ2v) is 5.01. The van der Waals surface area contributed by atoms with Crippen LogP contribution in [0.4, 0.5) is 0 Å². The van der Waals surface area contributed by atoms with E-state index in [0.29, 0.717) is 6.54 Å². The number of likely N-dealkylation sites (N-methyl/N-ethyl adjacent to an activating group) is 1. The van der Waals surface area contributed by atoms with Crippen molar-refractivity contribution >= 4 is 27.8 Å². The molecular formula is C10H19BrN2O3. The van der Waals surface area contributed by atoms with Crippen molar-refractivity contribution in [3.05, 3.63) is 0 Å². The third-order valence-corrected chi connectivity index (χ3v) is 2.46. The van der Waals surface area contributed by atoms with E-state index in [1.54, 1.807) is 11.9 Å². The number of hydrogen-bond acceptors (Lipinski definition) is 4. The number of nitrogens with one attached hydrogen (secondary N) is 1. The Morgan fingerprint density at radius 1 is 1.44 bits per heavy atom. The number of hydrogen-bond donors (Lipinski definition) is 1. The molecule has 16 heavy (non-hydrogen) atoms.